The van der Waals surface area contributed by atoms with E-state index in [0.29, 0.717) is 54.4 Å². The fourth-order valence-corrected chi connectivity index (χ4v) is 4.53. The van der Waals surface area contributed by atoms with Gasteiger partial charge in [-0.2, -0.15) is 0 Å². The number of nitrogens with zero attached hydrogens (tertiary/aromatic N) is 2. The molecular formula is C29H30FN3O4. The minimum Gasteiger partial charge on any atom is -0.493 e. The third kappa shape index (κ3) is 6.07. The van der Waals surface area contributed by atoms with Gasteiger partial charge in [0.25, 0.3) is 11.8 Å². The second kappa shape index (κ2) is 11.0. The molecule has 1 aromatic heterocycles. The zero-order valence-electron chi connectivity index (χ0n) is 20.8. The Hall–Kier alpha value is -3.94. The molecule has 37 heavy (non-hydrogen) atoms. The first-order valence-electron chi connectivity index (χ1n) is 12.6. The van der Waals surface area contributed by atoms with Crippen LogP contribution in [-0.2, 0) is 0 Å². The Balaban J connectivity index is 1.13. The van der Waals surface area contributed by atoms with Crippen molar-refractivity contribution in [1.82, 2.24) is 9.88 Å². The van der Waals surface area contributed by atoms with Gasteiger partial charge in [0.15, 0.2) is 0 Å². The maximum atomic E-state index is 14.5. The molecule has 2 heterocycles. The van der Waals surface area contributed by atoms with E-state index in [1.54, 1.807) is 31.5 Å². The number of hydrogen-bond acceptors (Lipinski definition) is 5. The van der Waals surface area contributed by atoms with Crippen LogP contribution >= 0.6 is 0 Å². The van der Waals surface area contributed by atoms with E-state index >= 15 is 0 Å². The molecule has 1 aliphatic carbocycles. The van der Waals surface area contributed by atoms with Gasteiger partial charge in [0.2, 0.25) is 5.88 Å². The molecule has 0 atom stereocenters. The lowest BCUT2D eigenvalue weighted by atomic mass is 9.89. The van der Waals surface area contributed by atoms with Gasteiger partial charge in [0.1, 0.15) is 11.6 Å². The summed E-state index contributed by atoms with van der Waals surface area (Å²) in [5, 5.41) is 2.77. The van der Waals surface area contributed by atoms with Crippen molar-refractivity contribution in [1.29, 1.82) is 0 Å². The number of pyridine rings is 1. The minimum atomic E-state index is -0.603. The lowest BCUT2D eigenvalue weighted by Crippen LogP contribution is -2.37. The van der Waals surface area contributed by atoms with Crippen LogP contribution in [0.25, 0.3) is 0 Å². The molecule has 7 nitrogen and oxygen atoms in total. The predicted octanol–water partition coefficient (Wildman–Crippen LogP) is 5.29. The van der Waals surface area contributed by atoms with Crippen LogP contribution in [0.4, 0.5) is 10.1 Å². The van der Waals surface area contributed by atoms with Crippen molar-refractivity contribution in [3.63, 3.8) is 0 Å². The zero-order chi connectivity index (χ0) is 25.8. The van der Waals surface area contributed by atoms with Crippen molar-refractivity contribution in [2.24, 2.45) is 5.92 Å². The van der Waals surface area contributed by atoms with Gasteiger partial charge in [-0.05, 0) is 73.4 Å². The molecule has 2 fully saturated rings. The predicted molar refractivity (Wildman–Crippen MR) is 138 cm³/mol. The van der Waals surface area contributed by atoms with Gasteiger partial charge in [0, 0.05) is 37.1 Å². The number of benzene rings is 2. The van der Waals surface area contributed by atoms with Crippen molar-refractivity contribution in [2.45, 2.75) is 31.6 Å². The van der Waals surface area contributed by atoms with E-state index in [-0.39, 0.29) is 11.5 Å². The van der Waals surface area contributed by atoms with Crippen LogP contribution in [0, 0.1) is 11.7 Å². The monoisotopic (exact) mass is 503 g/mol. The molecular weight excluding hydrogens is 473 g/mol. The number of ether oxygens (including phenoxy) is 2. The van der Waals surface area contributed by atoms with Crippen LogP contribution in [0.5, 0.6) is 11.6 Å². The van der Waals surface area contributed by atoms with Gasteiger partial charge in [-0.3, -0.25) is 9.59 Å². The molecule has 0 spiro atoms. The van der Waals surface area contributed by atoms with Crippen LogP contribution < -0.4 is 14.8 Å². The highest BCUT2D eigenvalue weighted by Crippen LogP contribution is 2.31. The number of likely N-dealkylation sites (tertiary alicyclic amines) is 1. The summed E-state index contributed by atoms with van der Waals surface area (Å²) in [4.78, 5) is 31.4. The van der Waals surface area contributed by atoms with Crippen molar-refractivity contribution in [3.8, 4) is 11.6 Å². The largest absolute Gasteiger partial charge is 0.493 e. The fourth-order valence-electron chi connectivity index (χ4n) is 4.53. The maximum absolute atomic E-state index is 14.5. The molecule has 2 aromatic carbocycles. The number of amides is 2. The number of rotatable bonds is 8. The van der Waals surface area contributed by atoms with Gasteiger partial charge in [0.05, 0.1) is 24.8 Å². The lowest BCUT2D eigenvalue weighted by Gasteiger charge is -2.32. The average molecular weight is 504 g/mol. The summed E-state index contributed by atoms with van der Waals surface area (Å²) >= 11 is 0. The molecule has 1 N–H and O–H groups in total. The molecule has 1 saturated heterocycles. The molecule has 3 aromatic rings. The van der Waals surface area contributed by atoms with Crippen molar-refractivity contribution in [3.05, 3.63) is 83.3 Å². The second-order valence-electron chi connectivity index (χ2n) is 9.63. The Bertz CT molecular complexity index is 1250. The first-order chi connectivity index (χ1) is 18.0. The fraction of sp³-hybridized carbons (Fsp3) is 0.345. The SMILES string of the molecule is COc1ccc(C(=O)N2CCC(c3ccc(NC(=O)c4ccc(OCC5CC5)cc4F)cc3)CC2)cn1. The number of halogens is 1. The standard InChI is InChI=1S/C29H30FN3O4/c1-36-27-11-6-22(17-31-27)29(35)33-14-12-21(13-15-33)20-4-7-23(8-5-20)32-28(34)25-10-9-24(16-26(25)30)37-18-19-2-3-19/h4-11,16-17,19,21H,2-3,12-15,18H2,1H3,(H,32,34). The van der Waals surface area contributed by atoms with Gasteiger partial charge in [-0.25, -0.2) is 9.37 Å². The minimum absolute atomic E-state index is 0.0213. The zero-order valence-corrected chi connectivity index (χ0v) is 20.8. The van der Waals surface area contributed by atoms with Crippen LogP contribution in [0.15, 0.2) is 60.8 Å². The smallest absolute Gasteiger partial charge is 0.258 e. The summed E-state index contributed by atoms with van der Waals surface area (Å²) in [5.74, 6) is 0.684. The highest BCUT2D eigenvalue weighted by atomic mass is 19.1. The van der Waals surface area contributed by atoms with E-state index in [9.17, 15) is 14.0 Å². The Morgan fingerprint density at radius 1 is 1.03 bits per heavy atom. The quantitative estimate of drug-likeness (QED) is 0.452. The Kier molecular flexibility index (Phi) is 7.35. The highest BCUT2D eigenvalue weighted by Gasteiger charge is 2.25. The van der Waals surface area contributed by atoms with Crippen LogP contribution in [0.2, 0.25) is 0 Å². The normalized spacial score (nSPS) is 15.8. The number of carbonyl (C=O) groups is 2. The third-order valence-corrected chi connectivity index (χ3v) is 6.98. The molecule has 192 valence electrons. The van der Waals surface area contributed by atoms with Gasteiger partial charge in [-0.1, -0.05) is 12.1 Å². The number of methoxy groups -OCH3 is 1. The van der Waals surface area contributed by atoms with E-state index < -0.39 is 11.7 Å². The average Bonchev–Trinajstić information content (AvgIpc) is 3.77. The molecule has 2 amide bonds. The number of aromatic nitrogens is 1. The van der Waals surface area contributed by atoms with Gasteiger partial charge >= 0.3 is 0 Å². The summed E-state index contributed by atoms with van der Waals surface area (Å²) in [6, 6.07) is 15.4. The van der Waals surface area contributed by atoms with Gasteiger partial charge in [-0.15, -0.1) is 0 Å². The first-order valence-corrected chi connectivity index (χ1v) is 12.6. The first kappa shape index (κ1) is 24.7. The number of piperidine rings is 1. The molecule has 1 saturated carbocycles. The summed E-state index contributed by atoms with van der Waals surface area (Å²) in [7, 11) is 1.54. The van der Waals surface area contributed by atoms with Crippen LogP contribution in [0.3, 0.4) is 0 Å². The number of carbonyl (C=O) groups excluding carboxylic acids is 2. The molecule has 5 rings (SSSR count). The van der Waals surface area contributed by atoms with E-state index in [1.807, 2.05) is 29.2 Å². The van der Waals surface area contributed by atoms with E-state index in [1.165, 1.54) is 12.1 Å². The third-order valence-electron chi connectivity index (χ3n) is 6.98. The Morgan fingerprint density at radius 2 is 1.78 bits per heavy atom. The number of hydrogen-bond donors (Lipinski definition) is 1. The van der Waals surface area contributed by atoms with E-state index in [4.69, 9.17) is 9.47 Å². The molecule has 0 radical (unpaired) electrons. The molecule has 8 heteroatoms. The maximum Gasteiger partial charge on any atom is 0.258 e. The molecule has 2 aliphatic rings. The number of nitrogens with one attached hydrogen (secondary N) is 1. The summed E-state index contributed by atoms with van der Waals surface area (Å²) in [5.41, 5.74) is 2.28. The van der Waals surface area contributed by atoms with Crippen LogP contribution in [-0.4, -0.2) is 48.5 Å². The van der Waals surface area contributed by atoms with Crippen molar-refractivity contribution in [2.75, 3.05) is 32.1 Å². The highest BCUT2D eigenvalue weighted by molar-refractivity contribution is 6.04. The van der Waals surface area contributed by atoms with E-state index in [2.05, 4.69) is 10.3 Å². The van der Waals surface area contributed by atoms with E-state index in [0.717, 1.165) is 31.2 Å². The topological polar surface area (TPSA) is 80.8 Å². The van der Waals surface area contributed by atoms with Crippen LogP contribution in [0.1, 0.15) is 57.9 Å². The summed E-state index contributed by atoms with van der Waals surface area (Å²) < 4.78 is 25.1. The summed E-state index contributed by atoms with van der Waals surface area (Å²) in [6.45, 7) is 1.91. The Labute approximate surface area is 215 Å². The molecule has 0 bridgehead atoms. The molecule has 1 aliphatic heterocycles. The van der Waals surface area contributed by atoms with Crippen molar-refractivity contribution >= 4 is 17.5 Å². The Morgan fingerprint density at radius 3 is 2.41 bits per heavy atom. The second-order valence-corrected chi connectivity index (χ2v) is 9.63. The molecule has 0 unspecified atom stereocenters. The summed E-state index contributed by atoms with van der Waals surface area (Å²) in [6.07, 6.45) is 5.55. The van der Waals surface area contributed by atoms with Crippen molar-refractivity contribution < 1.29 is 23.5 Å². The number of anilines is 1. The lowest BCUT2D eigenvalue weighted by molar-refractivity contribution is 0.0712. The van der Waals surface area contributed by atoms with Gasteiger partial charge < -0.3 is 19.7 Å².